The van der Waals surface area contributed by atoms with Crippen LogP contribution in [0.4, 0.5) is 18.9 Å². The summed E-state index contributed by atoms with van der Waals surface area (Å²) < 4.78 is 40.8. The number of nitro groups is 1. The van der Waals surface area contributed by atoms with Crippen molar-refractivity contribution < 1.29 is 18.1 Å². The number of alkyl halides is 3. The van der Waals surface area contributed by atoms with Crippen LogP contribution in [0.3, 0.4) is 0 Å². The molecule has 22 heavy (non-hydrogen) atoms. The second kappa shape index (κ2) is 6.04. The molecular weight excluding hydrogens is 301 g/mol. The molecule has 1 unspecified atom stereocenters. The molecule has 1 N–H and O–H groups in total. The maximum absolute atomic E-state index is 13.2. The van der Waals surface area contributed by atoms with Gasteiger partial charge in [0.25, 0.3) is 0 Å². The summed E-state index contributed by atoms with van der Waals surface area (Å²) in [7, 11) is 0. The van der Waals surface area contributed by atoms with Crippen molar-refractivity contribution in [2.24, 2.45) is 0 Å². The Bertz CT molecular complexity index is 656. The van der Waals surface area contributed by atoms with E-state index in [1.807, 2.05) is 0 Å². The van der Waals surface area contributed by atoms with Gasteiger partial charge in [0.05, 0.1) is 24.1 Å². The number of imidazole rings is 1. The molecule has 118 valence electrons. The highest BCUT2D eigenvalue weighted by Gasteiger charge is 2.34. The second-order valence-electron chi connectivity index (χ2n) is 4.71. The maximum atomic E-state index is 13.2. The first kappa shape index (κ1) is 15.8. The summed E-state index contributed by atoms with van der Waals surface area (Å²) in [4.78, 5) is 13.8. The predicted octanol–water partition coefficient (Wildman–Crippen LogP) is 2.97. The van der Waals surface area contributed by atoms with Crippen molar-refractivity contribution in [3.8, 4) is 5.69 Å². The molecule has 9 heteroatoms. The molecule has 0 bridgehead atoms. The summed E-state index contributed by atoms with van der Waals surface area (Å²) in [5.74, 6) is 0. The third-order valence-electron chi connectivity index (χ3n) is 3.05. The van der Waals surface area contributed by atoms with E-state index in [1.54, 1.807) is 0 Å². The maximum Gasteiger partial charge on any atom is 0.418 e. The quantitative estimate of drug-likeness (QED) is 0.680. The molecule has 0 saturated heterocycles. The minimum absolute atomic E-state index is 0.0575. The van der Waals surface area contributed by atoms with Gasteiger partial charge in [0.2, 0.25) is 6.04 Å². The third-order valence-corrected chi connectivity index (χ3v) is 3.05. The SMILES string of the molecule is CC(CNc1ccc(-n2ccnc2)c(C(F)(F)F)c1)[N+](=O)[O-]. The van der Waals surface area contributed by atoms with E-state index < -0.39 is 22.7 Å². The number of halogens is 3. The van der Waals surface area contributed by atoms with Gasteiger partial charge in [-0.15, -0.1) is 0 Å². The number of rotatable bonds is 5. The highest BCUT2D eigenvalue weighted by molar-refractivity contribution is 5.55. The fourth-order valence-corrected chi connectivity index (χ4v) is 1.84. The minimum atomic E-state index is -4.55. The first-order valence-electron chi connectivity index (χ1n) is 6.36. The number of hydrogen-bond donors (Lipinski definition) is 1. The zero-order valence-corrected chi connectivity index (χ0v) is 11.5. The minimum Gasteiger partial charge on any atom is -0.378 e. The van der Waals surface area contributed by atoms with Gasteiger partial charge < -0.3 is 9.88 Å². The van der Waals surface area contributed by atoms with Gasteiger partial charge in [0.15, 0.2) is 0 Å². The molecule has 1 atom stereocenters. The molecule has 0 radical (unpaired) electrons. The van der Waals surface area contributed by atoms with Gasteiger partial charge in [-0.3, -0.25) is 10.1 Å². The van der Waals surface area contributed by atoms with Crippen molar-refractivity contribution in [2.75, 3.05) is 11.9 Å². The van der Waals surface area contributed by atoms with Crippen LogP contribution in [-0.2, 0) is 6.18 Å². The van der Waals surface area contributed by atoms with Crippen molar-refractivity contribution >= 4 is 5.69 Å². The molecular formula is C13H13F3N4O2. The van der Waals surface area contributed by atoms with Crippen molar-refractivity contribution in [1.29, 1.82) is 0 Å². The van der Waals surface area contributed by atoms with Crippen molar-refractivity contribution in [2.45, 2.75) is 19.1 Å². The van der Waals surface area contributed by atoms with E-state index in [4.69, 9.17) is 0 Å². The Morgan fingerprint density at radius 2 is 2.18 bits per heavy atom. The van der Waals surface area contributed by atoms with Crippen LogP contribution in [0, 0.1) is 10.1 Å². The normalized spacial score (nSPS) is 12.9. The molecule has 6 nitrogen and oxygen atoms in total. The molecule has 0 fully saturated rings. The lowest BCUT2D eigenvalue weighted by atomic mass is 10.1. The van der Waals surface area contributed by atoms with E-state index in [1.165, 1.54) is 42.3 Å². The van der Waals surface area contributed by atoms with Crippen LogP contribution in [0.15, 0.2) is 36.9 Å². The number of benzene rings is 1. The van der Waals surface area contributed by atoms with E-state index in [0.717, 1.165) is 6.07 Å². The fraction of sp³-hybridized carbons (Fsp3) is 0.308. The average Bonchev–Trinajstić information content (AvgIpc) is 2.97. The van der Waals surface area contributed by atoms with Crippen LogP contribution >= 0.6 is 0 Å². The average molecular weight is 314 g/mol. The standard InChI is InChI=1S/C13H13F3N4O2/c1-9(20(21)22)7-18-10-2-3-12(19-5-4-17-8-19)11(6-10)13(14,15)16/h2-6,8-9,18H,7H2,1H3. The van der Waals surface area contributed by atoms with Gasteiger partial charge >= 0.3 is 6.18 Å². The Morgan fingerprint density at radius 1 is 1.45 bits per heavy atom. The third kappa shape index (κ3) is 3.54. The van der Waals surface area contributed by atoms with E-state index in [-0.39, 0.29) is 17.9 Å². The molecule has 0 aliphatic carbocycles. The highest BCUT2D eigenvalue weighted by Crippen LogP contribution is 2.35. The van der Waals surface area contributed by atoms with Crippen LogP contribution in [0.2, 0.25) is 0 Å². The summed E-state index contributed by atoms with van der Waals surface area (Å²) in [6.07, 6.45) is -0.490. The number of nitrogens with one attached hydrogen (secondary N) is 1. The fourth-order valence-electron chi connectivity index (χ4n) is 1.84. The van der Waals surface area contributed by atoms with E-state index in [0.29, 0.717) is 0 Å². The van der Waals surface area contributed by atoms with E-state index >= 15 is 0 Å². The highest BCUT2D eigenvalue weighted by atomic mass is 19.4. The predicted molar refractivity (Wildman–Crippen MR) is 73.5 cm³/mol. The topological polar surface area (TPSA) is 73.0 Å². The number of nitrogens with zero attached hydrogens (tertiary/aromatic N) is 3. The molecule has 2 aromatic rings. The van der Waals surface area contributed by atoms with Crippen LogP contribution in [0.5, 0.6) is 0 Å². The number of hydrogen-bond acceptors (Lipinski definition) is 4. The largest absolute Gasteiger partial charge is 0.418 e. The Hall–Kier alpha value is -2.58. The zero-order chi connectivity index (χ0) is 16.3. The Kier molecular flexibility index (Phi) is 4.34. The molecule has 1 aromatic heterocycles. The van der Waals surface area contributed by atoms with Crippen LogP contribution in [0.1, 0.15) is 12.5 Å². The summed E-state index contributed by atoms with van der Waals surface area (Å²) in [6, 6.07) is 2.77. The molecule has 0 aliphatic heterocycles. The summed E-state index contributed by atoms with van der Waals surface area (Å²) in [6.45, 7) is 1.31. The van der Waals surface area contributed by atoms with Gasteiger partial charge in [0, 0.05) is 29.9 Å². The van der Waals surface area contributed by atoms with Crippen molar-refractivity contribution in [3.05, 3.63) is 52.6 Å². The smallest absolute Gasteiger partial charge is 0.378 e. The van der Waals surface area contributed by atoms with Crippen molar-refractivity contribution in [1.82, 2.24) is 9.55 Å². The van der Waals surface area contributed by atoms with Crippen LogP contribution in [0.25, 0.3) is 5.69 Å². The van der Waals surface area contributed by atoms with Crippen molar-refractivity contribution in [3.63, 3.8) is 0 Å². The zero-order valence-electron chi connectivity index (χ0n) is 11.5. The molecule has 0 aliphatic rings. The lowest BCUT2D eigenvalue weighted by Gasteiger charge is -2.16. The summed E-state index contributed by atoms with van der Waals surface area (Å²) in [5, 5.41) is 13.2. The monoisotopic (exact) mass is 314 g/mol. The molecule has 0 saturated carbocycles. The number of anilines is 1. The molecule has 0 spiro atoms. The van der Waals surface area contributed by atoms with E-state index in [9.17, 15) is 23.3 Å². The molecule has 2 rings (SSSR count). The van der Waals surface area contributed by atoms with E-state index in [2.05, 4.69) is 10.3 Å². The second-order valence-corrected chi connectivity index (χ2v) is 4.71. The Labute approximate surface area is 123 Å². The summed E-state index contributed by atoms with van der Waals surface area (Å²) in [5.41, 5.74) is -0.730. The van der Waals surface area contributed by atoms with Crippen LogP contribution in [-0.4, -0.2) is 27.1 Å². The van der Waals surface area contributed by atoms with Gasteiger partial charge in [-0.2, -0.15) is 13.2 Å². The lowest BCUT2D eigenvalue weighted by molar-refractivity contribution is -0.514. The molecule has 0 amide bonds. The first-order valence-corrected chi connectivity index (χ1v) is 6.36. The molecule has 1 aromatic carbocycles. The lowest BCUT2D eigenvalue weighted by Crippen LogP contribution is -2.24. The van der Waals surface area contributed by atoms with Gasteiger partial charge in [-0.05, 0) is 18.2 Å². The van der Waals surface area contributed by atoms with Gasteiger partial charge in [-0.25, -0.2) is 4.98 Å². The Balaban J connectivity index is 2.30. The Morgan fingerprint density at radius 3 is 2.73 bits per heavy atom. The van der Waals surface area contributed by atoms with Gasteiger partial charge in [0.1, 0.15) is 0 Å². The van der Waals surface area contributed by atoms with Crippen LogP contribution < -0.4 is 5.32 Å². The molecule has 1 heterocycles. The summed E-state index contributed by atoms with van der Waals surface area (Å²) >= 11 is 0. The first-order chi connectivity index (χ1) is 10.3. The van der Waals surface area contributed by atoms with Gasteiger partial charge in [-0.1, -0.05) is 0 Å². The number of aromatic nitrogens is 2.